The molecule has 1 aromatic carbocycles. The summed E-state index contributed by atoms with van der Waals surface area (Å²) >= 11 is 0. The molecule has 0 saturated heterocycles. The van der Waals surface area contributed by atoms with Crippen LogP contribution in [0.25, 0.3) is 0 Å². The molecule has 1 aromatic rings. The summed E-state index contributed by atoms with van der Waals surface area (Å²) in [7, 11) is 0. The molecule has 1 atom stereocenters. The van der Waals surface area contributed by atoms with Crippen molar-refractivity contribution in [2.45, 2.75) is 18.8 Å². The number of hydrogen-bond acceptors (Lipinski definition) is 1. The first kappa shape index (κ1) is 8.34. The van der Waals surface area contributed by atoms with Gasteiger partial charge in [-0.25, -0.2) is 0 Å². The summed E-state index contributed by atoms with van der Waals surface area (Å²) < 4.78 is 0. The number of rotatable bonds is 0. The van der Waals surface area contributed by atoms with Gasteiger partial charge in [0, 0.05) is 5.92 Å². The summed E-state index contributed by atoms with van der Waals surface area (Å²) in [6, 6.07) is 8.55. The molecule has 1 aliphatic rings. The Kier molecular flexibility index (Phi) is 2.33. The summed E-state index contributed by atoms with van der Waals surface area (Å²) in [6.07, 6.45) is 2.33. The van der Waals surface area contributed by atoms with Crippen molar-refractivity contribution in [1.82, 2.24) is 0 Å². The van der Waals surface area contributed by atoms with E-state index in [0.717, 1.165) is 6.42 Å². The number of aryl methyl sites for hydroxylation is 1. The summed E-state index contributed by atoms with van der Waals surface area (Å²) in [6.45, 7) is 0.471. The second-order valence-electron chi connectivity index (χ2n) is 3.32. The SMILES string of the molecule is NCC#C[C@H]1CCc2ccccc21. The van der Waals surface area contributed by atoms with E-state index in [1.807, 2.05) is 0 Å². The van der Waals surface area contributed by atoms with E-state index in [1.165, 1.54) is 17.5 Å². The van der Waals surface area contributed by atoms with Gasteiger partial charge >= 0.3 is 0 Å². The molecule has 2 rings (SSSR count). The van der Waals surface area contributed by atoms with Crippen LogP contribution in [0.3, 0.4) is 0 Å². The molecule has 66 valence electrons. The Balaban J connectivity index is 2.28. The standard InChI is InChI=1S/C12H13N/c13-9-3-5-11-8-7-10-4-1-2-6-12(10)11/h1-2,4,6,11H,7-9,13H2/t11-/m0/s1. The third-order valence-electron chi connectivity index (χ3n) is 2.51. The molecule has 0 fully saturated rings. The van der Waals surface area contributed by atoms with Crippen molar-refractivity contribution in [2.75, 3.05) is 6.54 Å². The van der Waals surface area contributed by atoms with Crippen molar-refractivity contribution in [1.29, 1.82) is 0 Å². The van der Waals surface area contributed by atoms with Gasteiger partial charge in [0.25, 0.3) is 0 Å². The molecule has 0 heterocycles. The van der Waals surface area contributed by atoms with Crippen LogP contribution in [-0.4, -0.2) is 6.54 Å². The van der Waals surface area contributed by atoms with Crippen LogP contribution in [0.4, 0.5) is 0 Å². The minimum atomic E-state index is 0.430. The van der Waals surface area contributed by atoms with Gasteiger partial charge < -0.3 is 5.73 Å². The zero-order chi connectivity index (χ0) is 9.10. The van der Waals surface area contributed by atoms with E-state index >= 15 is 0 Å². The molecule has 0 saturated carbocycles. The molecule has 2 N–H and O–H groups in total. The van der Waals surface area contributed by atoms with Crippen LogP contribution in [0.5, 0.6) is 0 Å². The maximum absolute atomic E-state index is 5.35. The second-order valence-corrected chi connectivity index (χ2v) is 3.32. The topological polar surface area (TPSA) is 26.0 Å². The third-order valence-corrected chi connectivity index (χ3v) is 2.51. The van der Waals surface area contributed by atoms with E-state index in [9.17, 15) is 0 Å². The first-order valence-corrected chi connectivity index (χ1v) is 4.68. The lowest BCUT2D eigenvalue weighted by molar-refractivity contribution is 0.835. The first-order chi connectivity index (χ1) is 6.42. The van der Waals surface area contributed by atoms with Gasteiger partial charge in [-0.1, -0.05) is 36.1 Å². The Morgan fingerprint density at radius 2 is 2.23 bits per heavy atom. The highest BCUT2D eigenvalue weighted by Crippen LogP contribution is 2.31. The van der Waals surface area contributed by atoms with Crippen LogP contribution in [0, 0.1) is 11.8 Å². The zero-order valence-electron chi connectivity index (χ0n) is 7.59. The fourth-order valence-corrected chi connectivity index (χ4v) is 1.89. The van der Waals surface area contributed by atoms with Gasteiger partial charge in [-0.3, -0.25) is 0 Å². The second kappa shape index (κ2) is 3.64. The molecule has 0 spiro atoms. The Morgan fingerprint density at radius 3 is 3.08 bits per heavy atom. The van der Waals surface area contributed by atoms with E-state index in [0.29, 0.717) is 12.5 Å². The zero-order valence-corrected chi connectivity index (χ0v) is 7.59. The van der Waals surface area contributed by atoms with Crippen LogP contribution >= 0.6 is 0 Å². The largest absolute Gasteiger partial charge is 0.320 e. The molecule has 0 amide bonds. The van der Waals surface area contributed by atoms with Gasteiger partial charge in [-0.2, -0.15) is 0 Å². The maximum atomic E-state index is 5.35. The molecule has 0 aliphatic heterocycles. The Morgan fingerprint density at radius 1 is 1.38 bits per heavy atom. The molecule has 0 radical (unpaired) electrons. The smallest absolute Gasteiger partial charge is 0.0551 e. The van der Waals surface area contributed by atoms with Gasteiger partial charge in [0.15, 0.2) is 0 Å². The van der Waals surface area contributed by atoms with Gasteiger partial charge in [0.2, 0.25) is 0 Å². The predicted octanol–water partition coefficient (Wildman–Crippen LogP) is 1.68. The van der Waals surface area contributed by atoms with Crippen LogP contribution in [-0.2, 0) is 6.42 Å². The van der Waals surface area contributed by atoms with E-state index in [1.54, 1.807) is 0 Å². The summed E-state index contributed by atoms with van der Waals surface area (Å²) in [5, 5.41) is 0. The Labute approximate surface area is 79.0 Å². The van der Waals surface area contributed by atoms with Gasteiger partial charge in [-0.05, 0) is 24.0 Å². The van der Waals surface area contributed by atoms with Crippen LogP contribution in [0.2, 0.25) is 0 Å². The van der Waals surface area contributed by atoms with E-state index < -0.39 is 0 Å². The van der Waals surface area contributed by atoms with Gasteiger partial charge in [0.1, 0.15) is 0 Å². The van der Waals surface area contributed by atoms with Gasteiger partial charge in [0.05, 0.1) is 6.54 Å². The van der Waals surface area contributed by atoms with Crippen molar-refractivity contribution in [3.8, 4) is 11.8 Å². The lowest BCUT2D eigenvalue weighted by Gasteiger charge is -2.01. The van der Waals surface area contributed by atoms with E-state index in [2.05, 4.69) is 36.1 Å². The maximum Gasteiger partial charge on any atom is 0.0551 e. The van der Waals surface area contributed by atoms with Gasteiger partial charge in [-0.15, -0.1) is 0 Å². The summed E-state index contributed by atoms with van der Waals surface area (Å²) in [5.74, 6) is 6.60. The monoisotopic (exact) mass is 171 g/mol. The molecule has 1 nitrogen and oxygen atoms in total. The molecule has 0 aromatic heterocycles. The number of nitrogens with two attached hydrogens (primary N) is 1. The van der Waals surface area contributed by atoms with E-state index in [-0.39, 0.29) is 0 Å². The normalized spacial score (nSPS) is 19.0. The molecular weight excluding hydrogens is 158 g/mol. The lowest BCUT2D eigenvalue weighted by atomic mass is 10.0. The van der Waals surface area contributed by atoms with Crippen molar-refractivity contribution < 1.29 is 0 Å². The van der Waals surface area contributed by atoms with Crippen molar-refractivity contribution in [3.05, 3.63) is 35.4 Å². The third kappa shape index (κ3) is 1.59. The molecule has 1 aliphatic carbocycles. The average Bonchev–Trinajstić information content (AvgIpc) is 2.58. The number of fused-ring (bicyclic) bond motifs is 1. The average molecular weight is 171 g/mol. The van der Waals surface area contributed by atoms with Crippen LogP contribution < -0.4 is 5.73 Å². The van der Waals surface area contributed by atoms with Crippen molar-refractivity contribution >= 4 is 0 Å². The minimum Gasteiger partial charge on any atom is -0.320 e. The highest BCUT2D eigenvalue weighted by Gasteiger charge is 2.19. The highest BCUT2D eigenvalue weighted by molar-refractivity contribution is 5.39. The number of benzene rings is 1. The van der Waals surface area contributed by atoms with Crippen LogP contribution in [0.1, 0.15) is 23.5 Å². The lowest BCUT2D eigenvalue weighted by Crippen LogP contribution is -1.95. The summed E-state index contributed by atoms with van der Waals surface area (Å²) in [5.41, 5.74) is 8.22. The fraction of sp³-hybridized carbons (Fsp3) is 0.333. The number of hydrogen-bond donors (Lipinski definition) is 1. The molecule has 0 unspecified atom stereocenters. The predicted molar refractivity (Wildman–Crippen MR) is 54.3 cm³/mol. The molecule has 0 bridgehead atoms. The minimum absolute atomic E-state index is 0.430. The Hall–Kier alpha value is -1.26. The first-order valence-electron chi connectivity index (χ1n) is 4.68. The molecular formula is C12H13N. The van der Waals surface area contributed by atoms with E-state index in [4.69, 9.17) is 5.73 Å². The van der Waals surface area contributed by atoms with Crippen molar-refractivity contribution in [2.24, 2.45) is 5.73 Å². The molecule has 1 heteroatoms. The van der Waals surface area contributed by atoms with Crippen LogP contribution in [0.15, 0.2) is 24.3 Å². The fourth-order valence-electron chi connectivity index (χ4n) is 1.89. The molecule has 13 heavy (non-hydrogen) atoms. The Bertz CT molecular complexity index is 357. The summed E-state index contributed by atoms with van der Waals surface area (Å²) in [4.78, 5) is 0. The highest BCUT2D eigenvalue weighted by atomic mass is 14.5. The van der Waals surface area contributed by atoms with Crippen molar-refractivity contribution in [3.63, 3.8) is 0 Å². The quantitative estimate of drug-likeness (QED) is 0.590.